The van der Waals surface area contributed by atoms with Gasteiger partial charge in [-0.2, -0.15) is 0 Å². The molecule has 0 nitrogen and oxygen atoms in total. The van der Waals surface area contributed by atoms with E-state index in [1.54, 1.807) is 20.8 Å². The van der Waals surface area contributed by atoms with Gasteiger partial charge in [0.2, 0.25) is 0 Å². The Kier molecular flexibility index (Phi) is 4.59. The van der Waals surface area contributed by atoms with E-state index in [4.69, 9.17) is 0 Å². The Morgan fingerprint density at radius 1 is 0.500 bits per heavy atom. The van der Waals surface area contributed by atoms with Crippen molar-refractivity contribution >= 4 is 26.9 Å². The second-order valence-electron chi connectivity index (χ2n) is 6.05. The minimum absolute atomic E-state index is 0. The molecule has 0 aromatic heterocycles. The predicted octanol–water partition coefficient (Wildman–Crippen LogP) is 4.49. The van der Waals surface area contributed by atoms with Crippen LogP contribution in [0.25, 0.3) is 0 Å². The van der Waals surface area contributed by atoms with Gasteiger partial charge in [-0.25, -0.2) is 0 Å². The molecule has 4 aliphatic rings. The first-order valence-electron chi connectivity index (χ1n) is 7.87. The van der Waals surface area contributed by atoms with Gasteiger partial charge in [-0.3, -0.25) is 0 Å². The first-order chi connectivity index (χ1) is 10.4. The van der Waals surface area contributed by atoms with Gasteiger partial charge < -0.3 is 0 Å². The van der Waals surface area contributed by atoms with Crippen LogP contribution in [0.1, 0.15) is 25.7 Å². The Morgan fingerprint density at radius 3 is 0.955 bits per heavy atom. The molecule has 22 heavy (non-hydrogen) atoms. The van der Waals surface area contributed by atoms with Crippen molar-refractivity contribution in [2.75, 3.05) is 0 Å². The van der Waals surface area contributed by atoms with E-state index in [0.717, 1.165) is 25.7 Å². The molecular weight excluding hydrogens is 275 g/mol. The molecule has 2 heteroatoms. The summed E-state index contributed by atoms with van der Waals surface area (Å²) in [6.07, 6.45) is 32.5. The van der Waals surface area contributed by atoms with E-state index in [-0.39, 0.29) is 18.9 Å². The molecule has 4 aliphatic carbocycles. The van der Waals surface area contributed by atoms with E-state index < -0.39 is 8.07 Å². The molecule has 0 aromatic rings. The van der Waals surface area contributed by atoms with E-state index >= 15 is 0 Å². The first kappa shape index (κ1) is 15.6. The summed E-state index contributed by atoms with van der Waals surface area (Å²) < 4.78 is 0. The van der Waals surface area contributed by atoms with E-state index in [0.29, 0.717) is 0 Å². The fraction of sp³-hybridized carbons (Fsp3) is 0.200. The standard InChI is InChI=1S/C20H20Si.Li.H/c1-2-10-17(9-1)21(18-11-3-4-12-18,19-13-5-6-14-19)20-15-7-8-16-20;;/h1-9,11,13,15H,10,12,14,16H2;;. The van der Waals surface area contributed by atoms with Gasteiger partial charge in [-0.15, -0.1) is 0 Å². The van der Waals surface area contributed by atoms with Crippen LogP contribution in [-0.2, 0) is 0 Å². The zero-order chi connectivity index (χ0) is 14.1. The summed E-state index contributed by atoms with van der Waals surface area (Å²) in [5.74, 6) is 0. The van der Waals surface area contributed by atoms with Crippen LogP contribution >= 0.6 is 0 Å². The third kappa shape index (κ3) is 2.29. The van der Waals surface area contributed by atoms with Gasteiger partial charge in [0, 0.05) is 0 Å². The van der Waals surface area contributed by atoms with Gasteiger partial charge in [0.05, 0.1) is 0 Å². The monoisotopic (exact) mass is 296 g/mol. The number of hydrogen-bond donors (Lipinski definition) is 0. The van der Waals surface area contributed by atoms with Crippen LogP contribution in [-0.4, -0.2) is 26.9 Å². The Labute approximate surface area is 146 Å². The zero-order valence-electron chi connectivity index (χ0n) is 12.3. The van der Waals surface area contributed by atoms with Gasteiger partial charge in [0.25, 0.3) is 0 Å². The molecular formula is C20H21LiSi. The topological polar surface area (TPSA) is 0 Å². The van der Waals surface area contributed by atoms with Crippen molar-refractivity contribution in [2.45, 2.75) is 25.7 Å². The molecule has 0 saturated heterocycles. The fourth-order valence-corrected chi connectivity index (χ4v) is 9.69. The van der Waals surface area contributed by atoms with Gasteiger partial charge in [-0.05, 0) is 25.7 Å². The summed E-state index contributed by atoms with van der Waals surface area (Å²) in [4.78, 5) is 0. The van der Waals surface area contributed by atoms with Crippen molar-refractivity contribution in [3.63, 3.8) is 0 Å². The fourth-order valence-electron chi connectivity index (χ4n) is 4.14. The molecule has 0 aliphatic heterocycles. The molecule has 0 bridgehead atoms. The molecule has 0 N–H and O–H groups in total. The van der Waals surface area contributed by atoms with Crippen molar-refractivity contribution in [1.29, 1.82) is 0 Å². The van der Waals surface area contributed by atoms with E-state index in [9.17, 15) is 0 Å². The maximum atomic E-state index is 2.41. The summed E-state index contributed by atoms with van der Waals surface area (Å²) in [6.45, 7) is 0. The van der Waals surface area contributed by atoms with Gasteiger partial charge in [-0.1, -0.05) is 93.7 Å². The van der Waals surface area contributed by atoms with Crippen LogP contribution in [0.15, 0.2) is 93.7 Å². The van der Waals surface area contributed by atoms with Gasteiger partial charge in [0.1, 0.15) is 0 Å². The van der Waals surface area contributed by atoms with Gasteiger partial charge >= 0.3 is 18.9 Å². The zero-order valence-corrected chi connectivity index (χ0v) is 13.3. The molecule has 0 unspecified atom stereocenters. The summed E-state index contributed by atoms with van der Waals surface area (Å²) in [6, 6.07) is 0. The Bertz CT molecular complexity index is 582. The first-order valence-corrected chi connectivity index (χ1v) is 9.87. The SMILES string of the molecule is C1=CCC([Si](C2=CC=CC2)(C2=CC=CC2)C2=CC=CC2)=C1.[LiH]. The molecule has 0 fully saturated rings. The van der Waals surface area contributed by atoms with Crippen LogP contribution < -0.4 is 0 Å². The van der Waals surface area contributed by atoms with E-state index in [1.807, 2.05) is 0 Å². The van der Waals surface area contributed by atoms with Crippen molar-refractivity contribution in [2.24, 2.45) is 0 Å². The summed E-state index contributed by atoms with van der Waals surface area (Å²) >= 11 is 0. The molecule has 0 radical (unpaired) electrons. The summed E-state index contributed by atoms with van der Waals surface area (Å²) in [5.41, 5.74) is 0. The summed E-state index contributed by atoms with van der Waals surface area (Å²) in [7, 11) is -1.87. The van der Waals surface area contributed by atoms with E-state index in [1.165, 1.54) is 0 Å². The van der Waals surface area contributed by atoms with Crippen LogP contribution in [0, 0.1) is 0 Å². The molecule has 106 valence electrons. The number of rotatable bonds is 4. The molecule has 0 amide bonds. The summed E-state index contributed by atoms with van der Waals surface area (Å²) in [5, 5.41) is 6.73. The average Bonchev–Trinajstić information content (AvgIpc) is 3.32. The van der Waals surface area contributed by atoms with Crippen LogP contribution in [0.5, 0.6) is 0 Å². The van der Waals surface area contributed by atoms with Crippen LogP contribution in [0.4, 0.5) is 0 Å². The van der Waals surface area contributed by atoms with Crippen molar-refractivity contribution in [1.82, 2.24) is 0 Å². The van der Waals surface area contributed by atoms with Crippen molar-refractivity contribution in [3.8, 4) is 0 Å². The van der Waals surface area contributed by atoms with Crippen LogP contribution in [0.2, 0.25) is 0 Å². The van der Waals surface area contributed by atoms with Crippen LogP contribution in [0.3, 0.4) is 0 Å². The molecule has 0 saturated carbocycles. The number of hydrogen-bond acceptors (Lipinski definition) is 0. The molecule has 0 spiro atoms. The molecule has 0 atom stereocenters. The third-order valence-corrected chi connectivity index (χ3v) is 10.3. The predicted molar refractivity (Wildman–Crippen MR) is 100 cm³/mol. The maximum absolute atomic E-state index is 2.41. The van der Waals surface area contributed by atoms with Crippen molar-refractivity contribution in [3.05, 3.63) is 93.7 Å². The minimum atomic E-state index is -1.87. The molecule has 0 heterocycles. The average molecular weight is 296 g/mol. The van der Waals surface area contributed by atoms with Crippen molar-refractivity contribution < 1.29 is 0 Å². The quantitative estimate of drug-likeness (QED) is 0.671. The second-order valence-corrected chi connectivity index (χ2v) is 10.1. The van der Waals surface area contributed by atoms with Gasteiger partial charge in [0.15, 0.2) is 8.07 Å². The third-order valence-electron chi connectivity index (χ3n) is 5.01. The Hall–Kier alpha value is -1.27. The number of allylic oxidation sites excluding steroid dienone is 16. The normalized spacial score (nSPS) is 21.8. The molecule has 0 aromatic carbocycles. The van der Waals surface area contributed by atoms with E-state index in [2.05, 4.69) is 72.9 Å². The molecule has 4 rings (SSSR count). The second kappa shape index (κ2) is 6.46. The Morgan fingerprint density at radius 2 is 0.773 bits per heavy atom. The Balaban J connectivity index is 0.00000144.